The molecule has 0 radical (unpaired) electrons. The van der Waals surface area contributed by atoms with Crippen molar-refractivity contribution in [2.75, 3.05) is 19.6 Å². The Morgan fingerprint density at radius 3 is 2.53 bits per heavy atom. The number of ether oxygens (including phenoxy) is 1. The first-order chi connectivity index (χ1) is 7.97. The van der Waals surface area contributed by atoms with Crippen LogP contribution in [-0.4, -0.2) is 36.5 Å². The quantitative estimate of drug-likeness (QED) is 0.603. The summed E-state index contributed by atoms with van der Waals surface area (Å²) < 4.78 is 4.50. The van der Waals surface area contributed by atoms with Crippen molar-refractivity contribution < 1.29 is 14.3 Å². The van der Waals surface area contributed by atoms with Crippen LogP contribution in [-0.2, 0) is 19.7 Å². The lowest BCUT2D eigenvalue weighted by molar-refractivity contribution is -0.167. The van der Waals surface area contributed by atoms with Gasteiger partial charge in [0.2, 0.25) is 0 Å². The number of hydrogen-bond donors (Lipinski definition) is 0. The number of morpholine rings is 1. The molecular weight excluding hydrogens is 238 g/mol. The van der Waals surface area contributed by atoms with Crippen LogP contribution in [0.15, 0.2) is 17.5 Å². The molecule has 17 heavy (non-hydrogen) atoms. The van der Waals surface area contributed by atoms with Crippen molar-refractivity contribution in [2.45, 2.75) is 19.3 Å². The van der Waals surface area contributed by atoms with Gasteiger partial charge >= 0.3 is 11.9 Å². The van der Waals surface area contributed by atoms with Gasteiger partial charge in [-0.2, -0.15) is 0 Å². The number of carbonyl (C=O) groups is 2. The van der Waals surface area contributed by atoms with Crippen LogP contribution >= 0.6 is 11.3 Å². The van der Waals surface area contributed by atoms with Gasteiger partial charge in [0.25, 0.3) is 0 Å². The summed E-state index contributed by atoms with van der Waals surface area (Å²) in [7, 11) is 0. The molecule has 1 aromatic heterocycles. The van der Waals surface area contributed by atoms with Crippen LogP contribution in [0.5, 0.6) is 0 Å². The van der Waals surface area contributed by atoms with Crippen molar-refractivity contribution in [3.05, 3.63) is 22.4 Å². The van der Waals surface area contributed by atoms with Gasteiger partial charge in [-0.3, -0.25) is 14.5 Å². The third-order valence-electron chi connectivity index (χ3n) is 2.74. The molecule has 4 nitrogen and oxygen atoms in total. The Hall–Kier alpha value is -1.20. The van der Waals surface area contributed by atoms with E-state index in [0.29, 0.717) is 6.54 Å². The van der Waals surface area contributed by atoms with Crippen LogP contribution in [0.3, 0.4) is 0 Å². The van der Waals surface area contributed by atoms with Gasteiger partial charge < -0.3 is 4.74 Å². The standard InChI is InChI=1S/C12H15NO3S/c1-12(2,9-4-3-5-17-9)8-13-6-10(14)16-11(15)7-13/h3-5H,6-8H2,1-2H3. The van der Waals surface area contributed by atoms with Crippen molar-refractivity contribution in [3.63, 3.8) is 0 Å². The first kappa shape index (κ1) is 12.3. The maximum Gasteiger partial charge on any atom is 0.327 e. The summed E-state index contributed by atoms with van der Waals surface area (Å²) in [5, 5.41) is 2.03. The van der Waals surface area contributed by atoms with E-state index in [4.69, 9.17) is 0 Å². The molecule has 0 spiro atoms. The molecule has 0 unspecified atom stereocenters. The van der Waals surface area contributed by atoms with Crippen molar-refractivity contribution in [1.82, 2.24) is 4.90 Å². The number of esters is 2. The summed E-state index contributed by atoms with van der Waals surface area (Å²) in [5.41, 5.74) is -0.0634. The topological polar surface area (TPSA) is 46.6 Å². The van der Waals surface area contributed by atoms with E-state index in [-0.39, 0.29) is 18.5 Å². The van der Waals surface area contributed by atoms with E-state index in [2.05, 4.69) is 24.7 Å². The molecule has 0 aliphatic carbocycles. The smallest absolute Gasteiger partial charge is 0.327 e. The highest BCUT2D eigenvalue weighted by molar-refractivity contribution is 7.10. The normalized spacial score (nSPS) is 18.2. The SMILES string of the molecule is CC(C)(CN1CC(=O)OC(=O)C1)c1cccs1. The van der Waals surface area contributed by atoms with E-state index in [9.17, 15) is 9.59 Å². The predicted molar refractivity (Wildman–Crippen MR) is 64.9 cm³/mol. The lowest BCUT2D eigenvalue weighted by Gasteiger charge is -2.32. The Bertz CT molecular complexity index is 409. The fourth-order valence-electron chi connectivity index (χ4n) is 2.02. The van der Waals surface area contributed by atoms with Crippen molar-refractivity contribution in [1.29, 1.82) is 0 Å². The van der Waals surface area contributed by atoms with Crippen LogP contribution in [0.2, 0.25) is 0 Å². The summed E-state index contributed by atoms with van der Waals surface area (Å²) >= 11 is 1.69. The third-order valence-corrected chi connectivity index (χ3v) is 3.98. The summed E-state index contributed by atoms with van der Waals surface area (Å²) in [6, 6.07) is 4.09. The van der Waals surface area contributed by atoms with Crippen molar-refractivity contribution in [3.8, 4) is 0 Å². The zero-order chi connectivity index (χ0) is 12.5. The first-order valence-corrected chi connectivity index (χ1v) is 6.35. The third kappa shape index (κ3) is 2.92. The fourth-order valence-corrected chi connectivity index (χ4v) is 2.87. The predicted octanol–water partition coefficient (Wildman–Crippen LogP) is 1.41. The molecule has 1 aliphatic rings. The van der Waals surface area contributed by atoms with Crippen molar-refractivity contribution >= 4 is 23.3 Å². The monoisotopic (exact) mass is 253 g/mol. The Labute approximate surface area is 104 Å². The molecule has 2 rings (SSSR count). The van der Waals surface area contributed by atoms with Crippen LogP contribution in [0.25, 0.3) is 0 Å². The maximum absolute atomic E-state index is 11.2. The molecule has 2 heterocycles. The lowest BCUT2D eigenvalue weighted by Crippen LogP contribution is -2.47. The Morgan fingerprint density at radius 2 is 2.00 bits per heavy atom. The molecule has 5 heteroatoms. The van der Waals surface area contributed by atoms with Gasteiger partial charge in [0, 0.05) is 16.8 Å². The molecule has 0 N–H and O–H groups in total. The number of nitrogens with zero attached hydrogens (tertiary/aromatic N) is 1. The van der Waals surface area contributed by atoms with Gasteiger partial charge in [0.05, 0.1) is 13.1 Å². The second-order valence-electron chi connectivity index (χ2n) is 4.85. The second kappa shape index (κ2) is 4.58. The van der Waals surface area contributed by atoms with Gasteiger partial charge in [-0.1, -0.05) is 19.9 Å². The molecule has 1 aromatic rings. The first-order valence-electron chi connectivity index (χ1n) is 5.47. The van der Waals surface area contributed by atoms with Crippen molar-refractivity contribution in [2.24, 2.45) is 0 Å². The van der Waals surface area contributed by atoms with Gasteiger partial charge in [0.1, 0.15) is 0 Å². The Morgan fingerprint density at radius 1 is 1.35 bits per heavy atom. The van der Waals surface area contributed by atoms with Gasteiger partial charge in [-0.25, -0.2) is 0 Å². The largest absolute Gasteiger partial charge is 0.391 e. The Balaban J connectivity index is 2.05. The number of rotatable bonds is 3. The van der Waals surface area contributed by atoms with E-state index in [1.807, 2.05) is 16.3 Å². The number of hydrogen-bond acceptors (Lipinski definition) is 5. The summed E-state index contributed by atoms with van der Waals surface area (Å²) in [6.45, 7) is 5.29. The summed E-state index contributed by atoms with van der Waals surface area (Å²) in [5.74, 6) is -0.911. The van der Waals surface area contributed by atoms with E-state index >= 15 is 0 Å². The van der Waals surface area contributed by atoms with E-state index < -0.39 is 11.9 Å². The molecule has 1 saturated heterocycles. The zero-order valence-electron chi connectivity index (χ0n) is 9.93. The molecule has 92 valence electrons. The fraction of sp³-hybridized carbons (Fsp3) is 0.500. The minimum Gasteiger partial charge on any atom is -0.391 e. The number of cyclic esters (lactones) is 2. The second-order valence-corrected chi connectivity index (χ2v) is 5.80. The minimum atomic E-state index is -0.455. The molecule has 1 aliphatic heterocycles. The van der Waals surface area contributed by atoms with E-state index in [1.54, 1.807) is 11.3 Å². The van der Waals surface area contributed by atoms with Crippen LogP contribution in [0.1, 0.15) is 18.7 Å². The van der Waals surface area contributed by atoms with Gasteiger partial charge in [-0.15, -0.1) is 11.3 Å². The number of carbonyl (C=O) groups excluding carboxylic acids is 2. The molecule has 0 aromatic carbocycles. The highest BCUT2D eigenvalue weighted by atomic mass is 32.1. The van der Waals surface area contributed by atoms with Crippen LogP contribution in [0, 0.1) is 0 Å². The molecule has 0 saturated carbocycles. The van der Waals surface area contributed by atoms with Crippen LogP contribution < -0.4 is 0 Å². The van der Waals surface area contributed by atoms with E-state index in [0.717, 1.165) is 0 Å². The zero-order valence-corrected chi connectivity index (χ0v) is 10.8. The molecule has 0 bridgehead atoms. The molecule has 1 fully saturated rings. The van der Waals surface area contributed by atoms with Gasteiger partial charge in [-0.05, 0) is 11.4 Å². The lowest BCUT2D eigenvalue weighted by atomic mass is 9.90. The van der Waals surface area contributed by atoms with E-state index in [1.165, 1.54) is 4.88 Å². The average Bonchev–Trinajstić information content (AvgIpc) is 2.67. The summed E-state index contributed by atoms with van der Waals surface area (Å²) in [6.07, 6.45) is 0. The molecule has 0 amide bonds. The number of thiophene rings is 1. The highest BCUT2D eigenvalue weighted by Gasteiger charge is 2.31. The average molecular weight is 253 g/mol. The highest BCUT2D eigenvalue weighted by Crippen LogP contribution is 2.28. The minimum absolute atomic E-state index is 0.0634. The Kier molecular flexibility index (Phi) is 3.31. The maximum atomic E-state index is 11.2. The van der Waals surface area contributed by atoms with Crippen LogP contribution in [0.4, 0.5) is 0 Å². The summed E-state index contributed by atoms with van der Waals surface area (Å²) in [4.78, 5) is 25.4. The van der Waals surface area contributed by atoms with Gasteiger partial charge in [0.15, 0.2) is 0 Å². The molecule has 0 atom stereocenters. The molecular formula is C12H15NO3S.